The topological polar surface area (TPSA) is 62.0 Å². The van der Waals surface area contributed by atoms with Crippen LogP contribution in [0.5, 0.6) is 0 Å². The molecule has 4 nitrogen and oxygen atoms in total. The van der Waals surface area contributed by atoms with Crippen molar-refractivity contribution in [1.29, 1.82) is 0 Å². The van der Waals surface area contributed by atoms with Crippen LogP contribution in [0.3, 0.4) is 0 Å². The van der Waals surface area contributed by atoms with Crippen molar-refractivity contribution in [3.05, 3.63) is 33.7 Å². The summed E-state index contributed by atoms with van der Waals surface area (Å²) >= 11 is 3.52. The molecule has 1 aliphatic carbocycles. The third-order valence-corrected chi connectivity index (χ3v) is 5.24. The molecule has 1 fully saturated rings. The third-order valence-electron chi connectivity index (χ3n) is 4.17. The number of carbonyl (C=O) groups is 1. The van der Waals surface area contributed by atoms with E-state index >= 15 is 0 Å². The van der Waals surface area contributed by atoms with Gasteiger partial charge in [-0.25, -0.2) is 0 Å². The van der Waals surface area contributed by atoms with E-state index in [1.807, 2.05) is 0 Å². The van der Waals surface area contributed by atoms with Gasteiger partial charge in [-0.05, 0) is 38.5 Å². The lowest BCUT2D eigenvalue weighted by molar-refractivity contribution is 0.0873. The monoisotopic (exact) mass is 340 g/mol. The van der Waals surface area contributed by atoms with Crippen molar-refractivity contribution in [2.75, 3.05) is 5.33 Å². The Bertz CT molecular complexity index is 545. The molecule has 0 saturated heterocycles. The van der Waals surface area contributed by atoms with Crippen LogP contribution in [0.25, 0.3) is 0 Å². The normalized spacial score (nSPS) is 26.2. The smallest absolute Gasteiger partial charge is 0.257 e. The van der Waals surface area contributed by atoms with E-state index < -0.39 is 0 Å². The Morgan fingerprint density at radius 3 is 2.70 bits per heavy atom. The van der Waals surface area contributed by atoms with Crippen molar-refractivity contribution >= 4 is 21.8 Å². The fourth-order valence-electron chi connectivity index (χ4n) is 2.67. The number of carbonyl (C=O) groups excluding carboxylic acids is 1. The fraction of sp³-hybridized carbons (Fsp3) is 0.600. The molecule has 1 saturated carbocycles. The van der Waals surface area contributed by atoms with Gasteiger partial charge in [-0.1, -0.05) is 22.9 Å². The molecular weight excluding hydrogens is 320 g/mol. The molecule has 0 unspecified atom stereocenters. The molecule has 1 amide bonds. The molecule has 0 radical (unpaired) electrons. The minimum absolute atomic E-state index is 0.189. The maximum atomic E-state index is 12.3. The van der Waals surface area contributed by atoms with E-state index in [2.05, 4.69) is 33.2 Å². The molecule has 0 spiro atoms. The summed E-state index contributed by atoms with van der Waals surface area (Å²) in [5.74, 6) is 0.433. The van der Waals surface area contributed by atoms with Crippen molar-refractivity contribution in [2.24, 2.45) is 5.92 Å². The second-order valence-corrected chi connectivity index (χ2v) is 6.51. The van der Waals surface area contributed by atoms with Crippen LogP contribution < -0.4 is 10.7 Å². The Hall–Kier alpha value is -1.10. The highest BCUT2D eigenvalue weighted by Gasteiger charge is 2.35. The maximum absolute atomic E-state index is 12.3. The minimum atomic E-state index is -0.278. The van der Waals surface area contributed by atoms with Gasteiger partial charge in [0, 0.05) is 23.3 Å². The van der Waals surface area contributed by atoms with Crippen LogP contribution in [-0.2, 0) is 0 Å². The zero-order chi connectivity index (χ0) is 14.8. The van der Waals surface area contributed by atoms with Crippen LogP contribution in [0.15, 0.2) is 17.1 Å². The van der Waals surface area contributed by atoms with Gasteiger partial charge in [0.2, 0.25) is 0 Å². The summed E-state index contributed by atoms with van der Waals surface area (Å²) in [6, 6.07) is 1.46. The van der Waals surface area contributed by atoms with E-state index in [0.29, 0.717) is 5.92 Å². The second kappa shape index (κ2) is 6.12. The molecule has 0 bridgehead atoms. The lowest BCUT2D eigenvalue weighted by Gasteiger charge is -2.38. The number of halogens is 1. The second-order valence-electron chi connectivity index (χ2n) is 5.94. The third kappa shape index (κ3) is 3.32. The van der Waals surface area contributed by atoms with E-state index in [9.17, 15) is 9.59 Å². The summed E-state index contributed by atoms with van der Waals surface area (Å²) in [6.07, 6.45) is 5.62. The quantitative estimate of drug-likeness (QED) is 0.831. The SMILES string of the molecule is Cc1cc(=O)c(C(=O)NC2(CBr)CCC(C)CC2)c[nH]1. The van der Waals surface area contributed by atoms with Crippen molar-refractivity contribution in [3.63, 3.8) is 0 Å². The molecule has 1 aromatic heterocycles. The van der Waals surface area contributed by atoms with E-state index in [0.717, 1.165) is 36.7 Å². The van der Waals surface area contributed by atoms with Crippen LogP contribution in [0.4, 0.5) is 0 Å². The van der Waals surface area contributed by atoms with Gasteiger partial charge in [0.1, 0.15) is 5.56 Å². The number of hydrogen-bond donors (Lipinski definition) is 2. The molecule has 1 heterocycles. The highest BCUT2D eigenvalue weighted by molar-refractivity contribution is 9.09. The van der Waals surface area contributed by atoms with Crippen LogP contribution >= 0.6 is 15.9 Å². The summed E-state index contributed by atoms with van der Waals surface area (Å²) in [6.45, 7) is 4.04. The molecule has 1 aliphatic rings. The largest absolute Gasteiger partial charge is 0.364 e. The van der Waals surface area contributed by atoms with Crippen LogP contribution in [-0.4, -0.2) is 21.8 Å². The van der Waals surface area contributed by atoms with E-state index in [1.165, 1.54) is 12.3 Å². The summed E-state index contributed by atoms with van der Waals surface area (Å²) in [5.41, 5.74) is 0.497. The molecule has 0 aliphatic heterocycles. The fourth-order valence-corrected chi connectivity index (χ4v) is 3.37. The number of alkyl halides is 1. The van der Waals surface area contributed by atoms with Gasteiger partial charge in [-0.15, -0.1) is 0 Å². The van der Waals surface area contributed by atoms with Gasteiger partial charge in [0.05, 0.1) is 5.54 Å². The number of H-pyrrole nitrogens is 1. The molecular formula is C15H21BrN2O2. The Kier molecular flexibility index (Phi) is 4.68. The van der Waals surface area contributed by atoms with Crippen LogP contribution in [0, 0.1) is 12.8 Å². The van der Waals surface area contributed by atoms with E-state index in [1.54, 1.807) is 6.92 Å². The van der Waals surface area contributed by atoms with Crippen LogP contribution in [0.2, 0.25) is 0 Å². The Balaban J connectivity index is 2.15. The van der Waals surface area contributed by atoms with Gasteiger partial charge in [0.15, 0.2) is 5.43 Å². The van der Waals surface area contributed by atoms with E-state index in [-0.39, 0.29) is 22.4 Å². The van der Waals surface area contributed by atoms with Crippen molar-refractivity contribution in [2.45, 2.75) is 45.1 Å². The number of amides is 1. The zero-order valence-corrected chi connectivity index (χ0v) is 13.5. The first-order chi connectivity index (χ1) is 9.46. The number of pyridine rings is 1. The first-order valence-corrected chi connectivity index (χ1v) is 8.16. The van der Waals surface area contributed by atoms with Gasteiger partial charge in [-0.3, -0.25) is 9.59 Å². The Labute approximate surface area is 127 Å². The van der Waals surface area contributed by atoms with Crippen molar-refractivity contribution in [3.8, 4) is 0 Å². The average molecular weight is 341 g/mol. The lowest BCUT2D eigenvalue weighted by atomic mass is 9.78. The molecule has 1 aromatic rings. The predicted octanol–water partition coefficient (Wildman–Crippen LogP) is 2.76. The number of hydrogen-bond acceptors (Lipinski definition) is 2. The standard InChI is InChI=1S/C15H21BrN2O2/c1-10-3-5-15(9-16,6-4-10)18-14(20)12-8-17-11(2)7-13(12)19/h7-8,10H,3-6,9H2,1-2H3,(H,17,19)(H,18,20). The van der Waals surface area contributed by atoms with Gasteiger partial charge < -0.3 is 10.3 Å². The van der Waals surface area contributed by atoms with Crippen molar-refractivity contribution < 1.29 is 4.79 Å². The molecule has 110 valence electrons. The zero-order valence-electron chi connectivity index (χ0n) is 12.0. The highest BCUT2D eigenvalue weighted by atomic mass is 79.9. The van der Waals surface area contributed by atoms with Gasteiger partial charge in [-0.2, -0.15) is 0 Å². The summed E-state index contributed by atoms with van der Waals surface area (Å²) in [7, 11) is 0. The molecule has 5 heteroatoms. The Morgan fingerprint density at radius 1 is 1.50 bits per heavy atom. The number of rotatable bonds is 3. The first kappa shape index (κ1) is 15.3. The highest BCUT2D eigenvalue weighted by Crippen LogP contribution is 2.33. The minimum Gasteiger partial charge on any atom is -0.364 e. The predicted molar refractivity (Wildman–Crippen MR) is 83.4 cm³/mol. The number of aryl methyl sites for hydroxylation is 1. The molecule has 0 atom stereocenters. The summed E-state index contributed by atoms with van der Waals surface area (Å²) < 4.78 is 0. The lowest BCUT2D eigenvalue weighted by Crippen LogP contribution is -2.52. The number of nitrogens with one attached hydrogen (secondary N) is 2. The summed E-state index contributed by atoms with van der Waals surface area (Å²) in [5, 5.41) is 3.80. The molecule has 0 aromatic carbocycles. The first-order valence-electron chi connectivity index (χ1n) is 7.03. The maximum Gasteiger partial charge on any atom is 0.257 e. The summed E-state index contributed by atoms with van der Waals surface area (Å²) in [4.78, 5) is 27.1. The van der Waals surface area contributed by atoms with Gasteiger partial charge >= 0.3 is 0 Å². The van der Waals surface area contributed by atoms with Gasteiger partial charge in [0.25, 0.3) is 5.91 Å². The molecule has 2 rings (SSSR count). The van der Waals surface area contributed by atoms with E-state index in [4.69, 9.17) is 0 Å². The van der Waals surface area contributed by atoms with Crippen LogP contribution in [0.1, 0.15) is 48.7 Å². The number of aromatic nitrogens is 1. The molecule has 20 heavy (non-hydrogen) atoms. The molecule has 2 N–H and O–H groups in total. The average Bonchev–Trinajstić information content (AvgIpc) is 2.41. The Morgan fingerprint density at radius 2 is 2.15 bits per heavy atom. The number of aromatic amines is 1. The van der Waals surface area contributed by atoms with Crippen molar-refractivity contribution in [1.82, 2.24) is 10.3 Å².